The van der Waals surface area contributed by atoms with Crippen molar-refractivity contribution < 1.29 is 0 Å². The molecule has 0 aromatic heterocycles. The first-order valence-electron chi connectivity index (χ1n) is 4.68. The minimum absolute atomic E-state index is 1.00. The van der Waals surface area contributed by atoms with Crippen molar-refractivity contribution in [2.75, 3.05) is 6.54 Å². The minimum atomic E-state index is 1.00. The van der Waals surface area contributed by atoms with Crippen LogP contribution >= 0.6 is 12.2 Å². The second-order valence-electron chi connectivity index (χ2n) is 2.88. The molecule has 0 radical (unpaired) electrons. The molecule has 0 heterocycles. The highest BCUT2D eigenvalue weighted by molar-refractivity contribution is 7.80. The zero-order valence-corrected chi connectivity index (χ0v) is 8.75. The molecule has 0 saturated carbocycles. The number of hydrogen-bond donors (Lipinski definition) is 1. The molecule has 70 valence electrons. The lowest BCUT2D eigenvalue weighted by Crippen LogP contribution is -2.21. The molecule has 0 bridgehead atoms. The van der Waals surface area contributed by atoms with Crippen molar-refractivity contribution in [1.29, 1.82) is 0 Å². The average molecular weight is 185 g/mol. The number of rotatable bonds is 7. The van der Waals surface area contributed by atoms with Gasteiger partial charge in [0.1, 0.15) is 0 Å². The molecule has 0 fully saturated rings. The summed E-state index contributed by atoms with van der Waals surface area (Å²) >= 11 is 5.14. The summed E-state index contributed by atoms with van der Waals surface area (Å²) in [6, 6.07) is 0. The van der Waals surface area contributed by atoms with Crippen LogP contribution in [0.4, 0.5) is 0 Å². The molecule has 2 heteroatoms. The Bertz CT molecular complexity index is 132. The number of thiocarbonyl (C=S) groups is 1. The maximum atomic E-state index is 5.14. The van der Waals surface area contributed by atoms with E-state index in [-0.39, 0.29) is 0 Å². The van der Waals surface area contributed by atoms with Crippen LogP contribution < -0.4 is 5.32 Å². The largest absolute Gasteiger partial charge is 0.380 e. The van der Waals surface area contributed by atoms with Gasteiger partial charge in [-0.2, -0.15) is 0 Å². The summed E-state index contributed by atoms with van der Waals surface area (Å²) in [5, 5.41) is 3.24. The van der Waals surface area contributed by atoms with Gasteiger partial charge in [0.05, 0.1) is 4.99 Å². The molecule has 0 aliphatic heterocycles. The molecular formula is C10H19NS. The Morgan fingerprint density at radius 3 is 2.83 bits per heavy atom. The molecule has 12 heavy (non-hydrogen) atoms. The molecule has 1 N–H and O–H groups in total. The first kappa shape index (κ1) is 11.6. The summed E-state index contributed by atoms with van der Waals surface area (Å²) < 4.78 is 0. The number of nitrogens with one attached hydrogen (secondary N) is 1. The Morgan fingerprint density at radius 2 is 2.25 bits per heavy atom. The lowest BCUT2D eigenvalue weighted by molar-refractivity contribution is 0.745. The van der Waals surface area contributed by atoms with Gasteiger partial charge in [-0.15, -0.1) is 6.58 Å². The second-order valence-corrected chi connectivity index (χ2v) is 3.38. The fraction of sp³-hybridized carbons (Fsp3) is 0.700. The number of allylic oxidation sites excluding steroid dienone is 1. The van der Waals surface area contributed by atoms with Gasteiger partial charge >= 0.3 is 0 Å². The summed E-state index contributed by atoms with van der Waals surface area (Å²) in [4.78, 5) is 1.00. The van der Waals surface area contributed by atoms with Crippen LogP contribution in [0.1, 0.15) is 39.0 Å². The van der Waals surface area contributed by atoms with Crippen molar-refractivity contribution >= 4 is 17.2 Å². The van der Waals surface area contributed by atoms with Gasteiger partial charge in [-0.3, -0.25) is 0 Å². The van der Waals surface area contributed by atoms with Crippen molar-refractivity contribution in [3.8, 4) is 0 Å². The third-order valence-corrected chi connectivity index (χ3v) is 2.01. The Hall–Kier alpha value is -0.370. The van der Waals surface area contributed by atoms with E-state index < -0.39 is 0 Å². The van der Waals surface area contributed by atoms with Gasteiger partial charge in [0.15, 0.2) is 0 Å². The molecular weight excluding hydrogens is 166 g/mol. The zero-order chi connectivity index (χ0) is 9.23. The van der Waals surface area contributed by atoms with Crippen LogP contribution in [-0.4, -0.2) is 11.5 Å². The van der Waals surface area contributed by atoms with E-state index in [9.17, 15) is 0 Å². The quantitative estimate of drug-likeness (QED) is 0.372. The van der Waals surface area contributed by atoms with Gasteiger partial charge in [-0.25, -0.2) is 0 Å². The van der Waals surface area contributed by atoms with Crippen molar-refractivity contribution in [1.82, 2.24) is 5.32 Å². The maximum Gasteiger partial charge on any atom is 0.0753 e. The van der Waals surface area contributed by atoms with Gasteiger partial charge in [0, 0.05) is 6.54 Å². The molecule has 0 aliphatic carbocycles. The second kappa shape index (κ2) is 8.72. The molecule has 0 rings (SSSR count). The predicted molar refractivity (Wildman–Crippen MR) is 59.6 cm³/mol. The fourth-order valence-corrected chi connectivity index (χ4v) is 1.15. The van der Waals surface area contributed by atoms with E-state index in [1.807, 2.05) is 6.08 Å². The van der Waals surface area contributed by atoms with Gasteiger partial charge < -0.3 is 5.32 Å². The lowest BCUT2D eigenvalue weighted by Gasteiger charge is -2.05. The molecule has 1 nitrogen and oxygen atoms in total. The first-order valence-corrected chi connectivity index (χ1v) is 5.09. The summed E-state index contributed by atoms with van der Waals surface area (Å²) in [6.07, 6.45) is 7.57. The van der Waals surface area contributed by atoms with Gasteiger partial charge in [0.2, 0.25) is 0 Å². The van der Waals surface area contributed by atoms with Crippen molar-refractivity contribution in [2.45, 2.75) is 39.0 Å². The third kappa shape index (κ3) is 7.73. The van der Waals surface area contributed by atoms with Gasteiger partial charge in [-0.05, 0) is 25.7 Å². The Kier molecular flexibility index (Phi) is 8.46. The fourth-order valence-electron chi connectivity index (χ4n) is 0.900. The number of unbranched alkanes of at least 4 members (excludes halogenated alkanes) is 2. The molecule has 0 aromatic carbocycles. The van der Waals surface area contributed by atoms with E-state index in [0.717, 1.165) is 30.8 Å². The molecule has 0 amide bonds. The van der Waals surface area contributed by atoms with Crippen LogP contribution in [0.25, 0.3) is 0 Å². The maximum absolute atomic E-state index is 5.14. The summed E-state index contributed by atoms with van der Waals surface area (Å²) in [5.41, 5.74) is 0. The van der Waals surface area contributed by atoms with Crippen LogP contribution in [-0.2, 0) is 0 Å². The molecule has 0 spiro atoms. The van der Waals surface area contributed by atoms with E-state index in [1.165, 1.54) is 12.8 Å². The smallest absolute Gasteiger partial charge is 0.0753 e. The highest BCUT2D eigenvalue weighted by Crippen LogP contribution is 1.97. The third-order valence-electron chi connectivity index (χ3n) is 1.66. The Labute approximate surface area is 81.2 Å². The highest BCUT2D eigenvalue weighted by Gasteiger charge is 1.93. The standard InChI is InChI=1S/C10H19NS/c1-3-5-7-8-10(12)11-9-6-4-2/h3H,1,4-9H2,2H3,(H,11,12). The first-order chi connectivity index (χ1) is 5.81. The SMILES string of the molecule is C=CCCCC(=S)NCCCC. The molecule has 0 saturated heterocycles. The molecule has 0 aromatic rings. The summed E-state index contributed by atoms with van der Waals surface area (Å²) in [7, 11) is 0. The molecule has 0 aliphatic rings. The van der Waals surface area contributed by atoms with E-state index in [0.29, 0.717) is 0 Å². The summed E-state index contributed by atoms with van der Waals surface area (Å²) in [5.74, 6) is 0. The monoisotopic (exact) mass is 185 g/mol. The van der Waals surface area contributed by atoms with Crippen molar-refractivity contribution in [3.05, 3.63) is 12.7 Å². The van der Waals surface area contributed by atoms with Gasteiger partial charge in [0.25, 0.3) is 0 Å². The topological polar surface area (TPSA) is 12.0 Å². The van der Waals surface area contributed by atoms with Crippen molar-refractivity contribution in [2.24, 2.45) is 0 Å². The van der Waals surface area contributed by atoms with Crippen LogP contribution in [0.15, 0.2) is 12.7 Å². The Morgan fingerprint density at radius 1 is 1.50 bits per heavy atom. The summed E-state index contributed by atoms with van der Waals surface area (Å²) in [6.45, 7) is 6.88. The zero-order valence-electron chi connectivity index (χ0n) is 7.94. The van der Waals surface area contributed by atoms with Gasteiger partial charge in [-0.1, -0.05) is 31.6 Å². The van der Waals surface area contributed by atoms with Crippen LogP contribution in [0.3, 0.4) is 0 Å². The highest BCUT2D eigenvalue weighted by atomic mass is 32.1. The Balaban J connectivity index is 3.15. The van der Waals surface area contributed by atoms with E-state index in [4.69, 9.17) is 12.2 Å². The van der Waals surface area contributed by atoms with E-state index >= 15 is 0 Å². The van der Waals surface area contributed by atoms with Crippen LogP contribution in [0.5, 0.6) is 0 Å². The predicted octanol–water partition coefficient (Wildman–Crippen LogP) is 3.06. The lowest BCUT2D eigenvalue weighted by atomic mass is 10.2. The van der Waals surface area contributed by atoms with Crippen LogP contribution in [0, 0.1) is 0 Å². The van der Waals surface area contributed by atoms with Crippen molar-refractivity contribution in [3.63, 3.8) is 0 Å². The minimum Gasteiger partial charge on any atom is -0.380 e. The average Bonchev–Trinajstić information content (AvgIpc) is 2.06. The number of hydrogen-bond acceptors (Lipinski definition) is 1. The van der Waals surface area contributed by atoms with Crippen LogP contribution in [0.2, 0.25) is 0 Å². The van der Waals surface area contributed by atoms with E-state index in [1.54, 1.807) is 0 Å². The molecule has 0 unspecified atom stereocenters. The normalized spacial score (nSPS) is 9.42. The van der Waals surface area contributed by atoms with E-state index in [2.05, 4.69) is 18.8 Å². The molecule has 0 atom stereocenters.